The Morgan fingerprint density at radius 1 is 1.26 bits per heavy atom. The minimum atomic E-state index is -4.38. The molecular formula is C12H12F3N3S. The molecule has 7 heteroatoms. The highest BCUT2D eigenvalue weighted by Gasteiger charge is 2.33. The van der Waals surface area contributed by atoms with Gasteiger partial charge in [0.1, 0.15) is 10.8 Å². The van der Waals surface area contributed by atoms with Crippen LogP contribution < -0.4 is 4.90 Å². The first kappa shape index (κ1) is 13.8. The normalized spacial score (nSPS) is 11.6. The molecule has 0 saturated heterocycles. The van der Waals surface area contributed by atoms with E-state index in [9.17, 15) is 13.2 Å². The van der Waals surface area contributed by atoms with Gasteiger partial charge in [-0.05, 0) is 19.1 Å². The van der Waals surface area contributed by atoms with Gasteiger partial charge in [-0.2, -0.15) is 13.2 Å². The second-order valence-corrected chi connectivity index (χ2v) is 5.06. The summed E-state index contributed by atoms with van der Waals surface area (Å²) in [5.41, 5.74) is 0.0255. The molecule has 0 spiro atoms. The number of thiazole rings is 1. The third-order valence-electron chi connectivity index (χ3n) is 2.48. The maximum atomic E-state index is 12.4. The molecule has 0 bridgehead atoms. The Labute approximate surface area is 112 Å². The molecule has 2 aromatic heterocycles. The molecule has 0 fully saturated rings. The summed E-state index contributed by atoms with van der Waals surface area (Å²) in [5.74, 6) is 0.712. The lowest BCUT2D eigenvalue weighted by atomic mass is 10.3. The Morgan fingerprint density at radius 2 is 2.00 bits per heavy atom. The van der Waals surface area contributed by atoms with Crippen LogP contribution in [0.4, 0.5) is 19.0 Å². The molecule has 2 aromatic rings. The zero-order chi connectivity index (χ0) is 14.0. The number of nitrogens with zero attached hydrogens (tertiary/aromatic N) is 3. The summed E-state index contributed by atoms with van der Waals surface area (Å²) in [5, 5.41) is 1.45. The molecule has 0 saturated carbocycles. The van der Waals surface area contributed by atoms with E-state index in [1.165, 1.54) is 0 Å². The minimum absolute atomic E-state index is 0.303. The summed E-state index contributed by atoms with van der Waals surface area (Å²) >= 11 is 1.00. The molecule has 0 atom stereocenters. The van der Waals surface area contributed by atoms with E-state index in [-0.39, 0.29) is 0 Å². The Hall–Kier alpha value is -1.63. The summed E-state index contributed by atoms with van der Waals surface area (Å²) in [4.78, 5) is 9.67. The van der Waals surface area contributed by atoms with Gasteiger partial charge in [0.05, 0.1) is 6.54 Å². The van der Waals surface area contributed by atoms with Gasteiger partial charge in [0.25, 0.3) is 0 Å². The predicted octanol–water partition coefficient (Wildman–Crippen LogP) is 3.50. The molecule has 0 N–H and O–H groups in total. The summed E-state index contributed by atoms with van der Waals surface area (Å²) in [7, 11) is 1.77. The lowest BCUT2D eigenvalue weighted by molar-refractivity contribution is -0.140. The zero-order valence-corrected chi connectivity index (χ0v) is 11.2. The van der Waals surface area contributed by atoms with Gasteiger partial charge < -0.3 is 4.90 Å². The molecule has 102 valence electrons. The molecule has 0 amide bonds. The van der Waals surface area contributed by atoms with Crippen LogP contribution in [0.3, 0.4) is 0 Å². The van der Waals surface area contributed by atoms with E-state index in [2.05, 4.69) is 9.97 Å². The molecular weight excluding hydrogens is 275 g/mol. The van der Waals surface area contributed by atoms with E-state index in [4.69, 9.17) is 0 Å². The summed E-state index contributed by atoms with van der Waals surface area (Å²) < 4.78 is 37.3. The summed E-state index contributed by atoms with van der Waals surface area (Å²) in [6, 6.07) is 5.53. The van der Waals surface area contributed by atoms with Crippen LogP contribution in [0.25, 0.3) is 0 Å². The Morgan fingerprint density at radius 3 is 2.58 bits per heavy atom. The monoisotopic (exact) mass is 287 g/mol. The standard InChI is InChI=1S/C12H12F3N3S/c1-8-4-3-5-10(16-8)18(2)6-11-17-9(7-19-11)12(13,14)15/h3-5,7H,6H2,1-2H3. The lowest BCUT2D eigenvalue weighted by Gasteiger charge is -2.16. The van der Waals surface area contributed by atoms with Crippen molar-refractivity contribution in [3.05, 3.63) is 40.0 Å². The molecule has 0 aliphatic heterocycles. The highest BCUT2D eigenvalue weighted by atomic mass is 32.1. The maximum absolute atomic E-state index is 12.4. The fraction of sp³-hybridized carbons (Fsp3) is 0.333. The topological polar surface area (TPSA) is 29.0 Å². The third kappa shape index (κ3) is 3.44. The zero-order valence-electron chi connectivity index (χ0n) is 10.4. The lowest BCUT2D eigenvalue weighted by Crippen LogP contribution is -2.18. The second kappa shape index (κ2) is 5.16. The number of hydrogen-bond donors (Lipinski definition) is 0. The fourth-order valence-electron chi connectivity index (χ4n) is 1.54. The minimum Gasteiger partial charge on any atom is -0.353 e. The number of alkyl halides is 3. The highest BCUT2D eigenvalue weighted by Crippen LogP contribution is 2.30. The average Bonchev–Trinajstić information content (AvgIpc) is 2.77. The maximum Gasteiger partial charge on any atom is 0.434 e. The first-order valence-corrected chi connectivity index (χ1v) is 6.40. The van der Waals surface area contributed by atoms with Crippen molar-refractivity contribution in [3.8, 4) is 0 Å². The molecule has 0 aromatic carbocycles. The van der Waals surface area contributed by atoms with Gasteiger partial charge in [-0.25, -0.2) is 9.97 Å². The Bertz CT molecular complexity index is 565. The second-order valence-electron chi connectivity index (χ2n) is 4.12. The average molecular weight is 287 g/mol. The summed E-state index contributed by atoms with van der Waals surface area (Å²) in [6.07, 6.45) is -4.38. The van der Waals surface area contributed by atoms with Crippen molar-refractivity contribution in [2.24, 2.45) is 0 Å². The van der Waals surface area contributed by atoms with Gasteiger partial charge in [-0.15, -0.1) is 11.3 Å². The molecule has 0 unspecified atom stereocenters. The molecule has 0 aliphatic carbocycles. The van der Waals surface area contributed by atoms with Crippen LogP contribution in [0.15, 0.2) is 23.6 Å². The number of aromatic nitrogens is 2. The van der Waals surface area contributed by atoms with E-state index in [1.54, 1.807) is 11.9 Å². The molecule has 2 rings (SSSR count). The first-order valence-electron chi connectivity index (χ1n) is 5.52. The van der Waals surface area contributed by atoms with E-state index in [1.807, 2.05) is 25.1 Å². The van der Waals surface area contributed by atoms with Crippen molar-refractivity contribution in [1.29, 1.82) is 0 Å². The van der Waals surface area contributed by atoms with Gasteiger partial charge in [-0.3, -0.25) is 0 Å². The van der Waals surface area contributed by atoms with Crippen molar-refractivity contribution in [2.75, 3.05) is 11.9 Å². The van der Waals surface area contributed by atoms with Crippen LogP contribution in [0.1, 0.15) is 16.4 Å². The molecule has 0 radical (unpaired) electrons. The van der Waals surface area contributed by atoms with Crippen molar-refractivity contribution in [3.63, 3.8) is 0 Å². The van der Waals surface area contributed by atoms with Gasteiger partial charge in [0, 0.05) is 18.1 Å². The van der Waals surface area contributed by atoms with Crippen LogP contribution in [0.2, 0.25) is 0 Å². The summed E-state index contributed by atoms with van der Waals surface area (Å²) in [6.45, 7) is 2.17. The Balaban J connectivity index is 2.11. The van der Waals surface area contributed by atoms with Crippen molar-refractivity contribution in [1.82, 2.24) is 9.97 Å². The molecule has 0 aliphatic rings. The molecule has 2 heterocycles. The van der Waals surface area contributed by atoms with Gasteiger partial charge in [0.15, 0.2) is 5.69 Å². The van der Waals surface area contributed by atoms with Crippen molar-refractivity contribution >= 4 is 17.2 Å². The number of rotatable bonds is 3. The van der Waals surface area contributed by atoms with E-state index < -0.39 is 11.9 Å². The number of anilines is 1. The van der Waals surface area contributed by atoms with Crippen LogP contribution in [0.5, 0.6) is 0 Å². The smallest absolute Gasteiger partial charge is 0.353 e. The number of pyridine rings is 1. The fourth-order valence-corrected chi connectivity index (χ4v) is 2.39. The number of hydrogen-bond acceptors (Lipinski definition) is 4. The quantitative estimate of drug-likeness (QED) is 0.865. The van der Waals surface area contributed by atoms with Crippen molar-refractivity contribution in [2.45, 2.75) is 19.6 Å². The number of halogens is 3. The highest BCUT2D eigenvalue weighted by molar-refractivity contribution is 7.09. The van der Waals surface area contributed by atoms with Gasteiger partial charge in [-0.1, -0.05) is 6.07 Å². The SMILES string of the molecule is Cc1cccc(N(C)Cc2nc(C(F)(F)F)cs2)n1. The van der Waals surface area contributed by atoms with Crippen LogP contribution in [-0.4, -0.2) is 17.0 Å². The number of aryl methyl sites for hydroxylation is 1. The van der Waals surface area contributed by atoms with Gasteiger partial charge in [0.2, 0.25) is 0 Å². The van der Waals surface area contributed by atoms with E-state index in [0.717, 1.165) is 22.4 Å². The van der Waals surface area contributed by atoms with E-state index in [0.29, 0.717) is 17.4 Å². The van der Waals surface area contributed by atoms with Crippen LogP contribution in [0, 0.1) is 6.92 Å². The van der Waals surface area contributed by atoms with Crippen molar-refractivity contribution < 1.29 is 13.2 Å². The van der Waals surface area contributed by atoms with Gasteiger partial charge >= 0.3 is 6.18 Å². The predicted molar refractivity (Wildman–Crippen MR) is 68.2 cm³/mol. The van der Waals surface area contributed by atoms with Crippen LogP contribution in [-0.2, 0) is 12.7 Å². The van der Waals surface area contributed by atoms with Crippen LogP contribution >= 0.6 is 11.3 Å². The first-order chi connectivity index (χ1) is 8.86. The molecule has 3 nitrogen and oxygen atoms in total. The largest absolute Gasteiger partial charge is 0.434 e. The van der Waals surface area contributed by atoms with E-state index >= 15 is 0 Å². The third-order valence-corrected chi connectivity index (χ3v) is 3.31. The molecule has 19 heavy (non-hydrogen) atoms. The Kier molecular flexibility index (Phi) is 3.75.